The Bertz CT molecular complexity index is 633. The number of likely N-dealkylation sites (N-methyl/N-ethyl adjacent to an activating group) is 1. The van der Waals surface area contributed by atoms with Crippen molar-refractivity contribution in [2.24, 2.45) is 5.41 Å². The number of anilines is 1. The first-order chi connectivity index (χ1) is 11.6. The lowest BCUT2D eigenvalue weighted by Gasteiger charge is -2.24. The molecule has 1 rings (SSSR count). The third-order valence-corrected chi connectivity index (χ3v) is 4.00. The van der Waals surface area contributed by atoms with Gasteiger partial charge in [-0.15, -0.1) is 0 Å². The summed E-state index contributed by atoms with van der Waals surface area (Å²) in [5.41, 5.74) is -0.882. The molecule has 7 nitrogen and oxygen atoms in total. The molecule has 0 atom stereocenters. The van der Waals surface area contributed by atoms with Gasteiger partial charge in [0.25, 0.3) is 0 Å². The van der Waals surface area contributed by atoms with E-state index in [4.69, 9.17) is 21.1 Å². The molecule has 140 valence electrons. The lowest BCUT2D eigenvalue weighted by molar-refractivity contribution is -0.138. The quantitative estimate of drug-likeness (QED) is 0.683. The van der Waals surface area contributed by atoms with Gasteiger partial charge >= 0.3 is 0 Å². The summed E-state index contributed by atoms with van der Waals surface area (Å²) in [4.78, 5) is 26.9. The highest BCUT2D eigenvalue weighted by Gasteiger charge is 2.36. The van der Waals surface area contributed by atoms with E-state index in [0.29, 0.717) is 35.3 Å². The number of hydrogen-bond acceptors (Lipinski definition) is 5. The van der Waals surface area contributed by atoms with Gasteiger partial charge in [-0.05, 0) is 27.9 Å². The number of benzene rings is 1. The Kier molecular flexibility index (Phi) is 7.51. The summed E-state index contributed by atoms with van der Waals surface area (Å²) < 4.78 is 10.4. The minimum atomic E-state index is -1.26. The molecule has 8 heteroatoms. The summed E-state index contributed by atoms with van der Waals surface area (Å²) in [6.45, 7) is 4.27. The van der Waals surface area contributed by atoms with E-state index in [2.05, 4.69) is 10.6 Å². The molecule has 0 aliphatic carbocycles. The molecule has 0 aliphatic rings. The van der Waals surface area contributed by atoms with Crippen LogP contribution >= 0.6 is 11.6 Å². The maximum atomic E-state index is 12.6. The number of carbonyl (C=O) groups is 2. The van der Waals surface area contributed by atoms with Gasteiger partial charge < -0.3 is 25.0 Å². The number of nitrogens with one attached hydrogen (secondary N) is 2. The number of halogens is 1. The second-order valence-corrected chi connectivity index (χ2v) is 6.73. The number of methoxy groups -OCH3 is 2. The highest BCUT2D eigenvalue weighted by molar-refractivity contribution is 6.32. The summed E-state index contributed by atoms with van der Waals surface area (Å²) in [5, 5.41) is 5.83. The number of rotatable bonds is 8. The van der Waals surface area contributed by atoms with Crippen LogP contribution in [0.4, 0.5) is 5.69 Å². The Morgan fingerprint density at radius 1 is 1.12 bits per heavy atom. The average Bonchev–Trinajstić information content (AvgIpc) is 2.55. The average molecular weight is 372 g/mol. The van der Waals surface area contributed by atoms with Gasteiger partial charge in [0.2, 0.25) is 11.8 Å². The fraction of sp³-hybridized carbons (Fsp3) is 0.529. The van der Waals surface area contributed by atoms with E-state index in [9.17, 15) is 9.59 Å². The molecule has 0 heterocycles. The van der Waals surface area contributed by atoms with Crippen LogP contribution in [0.1, 0.15) is 13.8 Å². The molecule has 2 N–H and O–H groups in total. The van der Waals surface area contributed by atoms with E-state index >= 15 is 0 Å². The van der Waals surface area contributed by atoms with Gasteiger partial charge in [0, 0.05) is 25.2 Å². The van der Waals surface area contributed by atoms with E-state index in [0.717, 1.165) is 0 Å². The Morgan fingerprint density at radius 3 is 2.24 bits per heavy atom. The van der Waals surface area contributed by atoms with Crippen LogP contribution in [0.25, 0.3) is 0 Å². The van der Waals surface area contributed by atoms with Gasteiger partial charge in [-0.2, -0.15) is 0 Å². The minimum absolute atomic E-state index is 0.355. The standard InChI is InChI=1S/C17H26ClN3O4/c1-17(2,15(22)19-7-8-21(3)4)16(23)20-12-10-13(24-5)11(18)9-14(12)25-6/h9-10H,7-8H2,1-6H3,(H,19,22)(H,20,23). The predicted octanol–water partition coefficient (Wildman–Crippen LogP) is 2.00. The van der Waals surface area contributed by atoms with Gasteiger partial charge in [0.1, 0.15) is 16.9 Å². The van der Waals surface area contributed by atoms with Crippen LogP contribution in [0.15, 0.2) is 12.1 Å². The molecule has 1 aromatic carbocycles. The van der Waals surface area contributed by atoms with Crippen molar-refractivity contribution in [1.82, 2.24) is 10.2 Å². The van der Waals surface area contributed by atoms with Crippen molar-refractivity contribution in [1.29, 1.82) is 0 Å². The fourth-order valence-corrected chi connectivity index (χ4v) is 2.18. The molecule has 0 spiro atoms. The zero-order valence-corrected chi connectivity index (χ0v) is 16.3. The second kappa shape index (κ2) is 8.92. The van der Waals surface area contributed by atoms with Gasteiger partial charge in [-0.25, -0.2) is 0 Å². The van der Waals surface area contributed by atoms with Crippen LogP contribution < -0.4 is 20.1 Å². The van der Waals surface area contributed by atoms with E-state index in [1.54, 1.807) is 26.0 Å². The highest BCUT2D eigenvalue weighted by atomic mass is 35.5. The molecule has 0 aliphatic heterocycles. The smallest absolute Gasteiger partial charge is 0.239 e. The van der Waals surface area contributed by atoms with Gasteiger partial charge in [-0.1, -0.05) is 11.6 Å². The summed E-state index contributed by atoms with van der Waals surface area (Å²) >= 11 is 6.05. The maximum Gasteiger partial charge on any atom is 0.239 e. The molecule has 0 unspecified atom stereocenters. The Labute approximate surface area is 153 Å². The number of nitrogens with zero attached hydrogens (tertiary/aromatic N) is 1. The Hall–Kier alpha value is -1.99. The molecular formula is C17H26ClN3O4. The molecule has 0 saturated heterocycles. The number of hydrogen-bond donors (Lipinski definition) is 2. The summed E-state index contributed by atoms with van der Waals surface area (Å²) in [5.74, 6) is -0.0433. The first kappa shape index (κ1) is 21.1. The third kappa shape index (κ3) is 5.51. The summed E-state index contributed by atoms with van der Waals surface area (Å²) in [6, 6.07) is 3.10. The van der Waals surface area contributed by atoms with Crippen molar-refractivity contribution in [2.45, 2.75) is 13.8 Å². The third-order valence-electron chi connectivity index (χ3n) is 3.70. The molecule has 0 saturated carbocycles. The first-order valence-electron chi connectivity index (χ1n) is 7.79. The Balaban J connectivity index is 2.91. The largest absolute Gasteiger partial charge is 0.495 e. The summed E-state index contributed by atoms with van der Waals surface area (Å²) in [6.07, 6.45) is 0. The van der Waals surface area contributed by atoms with E-state index in [1.807, 2.05) is 19.0 Å². The van der Waals surface area contributed by atoms with Crippen molar-refractivity contribution >= 4 is 29.1 Å². The molecule has 1 aromatic rings. The first-order valence-corrected chi connectivity index (χ1v) is 8.17. The van der Waals surface area contributed by atoms with E-state index in [-0.39, 0.29) is 5.91 Å². The van der Waals surface area contributed by atoms with Gasteiger partial charge in [-0.3, -0.25) is 9.59 Å². The molecule has 25 heavy (non-hydrogen) atoms. The topological polar surface area (TPSA) is 79.9 Å². The SMILES string of the molecule is COc1cc(NC(=O)C(C)(C)C(=O)NCCN(C)C)c(OC)cc1Cl. The van der Waals surface area contributed by atoms with Crippen LogP contribution in [0, 0.1) is 5.41 Å². The van der Waals surface area contributed by atoms with E-state index in [1.165, 1.54) is 14.2 Å². The van der Waals surface area contributed by atoms with Gasteiger partial charge in [0.15, 0.2) is 0 Å². The number of ether oxygens (including phenoxy) is 2. The second-order valence-electron chi connectivity index (χ2n) is 6.33. The van der Waals surface area contributed by atoms with Crippen LogP contribution in [0.3, 0.4) is 0 Å². The zero-order valence-electron chi connectivity index (χ0n) is 15.5. The molecule has 0 fully saturated rings. The Morgan fingerprint density at radius 2 is 1.72 bits per heavy atom. The fourth-order valence-electron chi connectivity index (χ4n) is 1.95. The molecule has 0 radical (unpaired) electrons. The monoisotopic (exact) mass is 371 g/mol. The van der Waals surface area contributed by atoms with Crippen LogP contribution in [-0.4, -0.2) is 58.1 Å². The highest BCUT2D eigenvalue weighted by Crippen LogP contribution is 2.36. The van der Waals surface area contributed by atoms with Crippen molar-refractivity contribution in [3.05, 3.63) is 17.2 Å². The minimum Gasteiger partial charge on any atom is -0.495 e. The summed E-state index contributed by atoms with van der Waals surface area (Å²) in [7, 11) is 6.75. The van der Waals surface area contributed by atoms with Crippen LogP contribution in [0.2, 0.25) is 5.02 Å². The molecular weight excluding hydrogens is 346 g/mol. The molecule has 2 amide bonds. The number of carbonyl (C=O) groups excluding carboxylic acids is 2. The van der Waals surface area contributed by atoms with E-state index < -0.39 is 11.3 Å². The zero-order chi connectivity index (χ0) is 19.2. The van der Waals surface area contributed by atoms with Crippen LogP contribution in [-0.2, 0) is 9.59 Å². The van der Waals surface area contributed by atoms with Crippen molar-refractivity contribution in [3.63, 3.8) is 0 Å². The van der Waals surface area contributed by atoms with Gasteiger partial charge in [0.05, 0.1) is 24.9 Å². The van der Waals surface area contributed by atoms with Crippen molar-refractivity contribution < 1.29 is 19.1 Å². The lowest BCUT2D eigenvalue weighted by atomic mass is 9.91. The van der Waals surface area contributed by atoms with Crippen molar-refractivity contribution in [2.75, 3.05) is 46.7 Å². The lowest BCUT2D eigenvalue weighted by Crippen LogP contribution is -2.46. The number of amides is 2. The van der Waals surface area contributed by atoms with Crippen LogP contribution in [0.5, 0.6) is 11.5 Å². The van der Waals surface area contributed by atoms with Crippen molar-refractivity contribution in [3.8, 4) is 11.5 Å². The molecule has 0 bridgehead atoms. The molecule has 0 aromatic heterocycles. The normalized spacial score (nSPS) is 11.2. The predicted molar refractivity (Wildman–Crippen MR) is 98.5 cm³/mol. The maximum absolute atomic E-state index is 12.6.